The molecule has 0 aromatic carbocycles. The summed E-state index contributed by atoms with van der Waals surface area (Å²) in [5.74, 6) is 0. The maximum atomic E-state index is 5.39. The lowest BCUT2D eigenvalue weighted by Gasteiger charge is -2.27. The van der Waals surface area contributed by atoms with E-state index in [9.17, 15) is 0 Å². The smallest absolute Gasteiger partial charge is 0.0925 e. The van der Waals surface area contributed by atoms with Gasteiger partial charge in [0.1, 0.15) is 0 Å². The summed E-state index contributed by atoms with van der Waals surface area (Å²) in [7, 11) is 1.81. The first-order chi connectivity index (χ1) is 8.35. The molecule has 0 saturated carbocycles. The summed E-state index contributed by atoms with van der Waals surface area (Å²) >= 11 is 0. The Morgan fingerprint density at radius 3 is 3.35 bits per heavy atom. The third kappa shape index (κ3) is 2.36. The number of imidazole rings is 1. The summed E-state index contributed by atoms with van der Waals surface area (Å²) in [5.41, 5.74) is 2.48. The minimum atomic E-state index is 0.430. The van der Waals surface area contributed by atoms with Gasteiger partial charge in [0.2, 0.25) is 0 Å². The summed E-state index contributed by atoms with van der Waals surface area (Å²) < 4.78 is 5.39. The first-order valence-corrected chi connectivity index (χ1v) is 6.35. The lowest BCUT2D eigenvalue weighted by molar-refractivity contribution is 0.106. The summed E-state index contributed by atoms with van der Waals surface area (Å²) in [6, 6.07) is 0.529. The molecule has 1 saturated heterocycles. The Hall–Kier alpha value is -0.910. The lowest BCUT2D eigenvalue weighted by atomic mass is 10.1. The van der Waals surface area contributed by atoms with Crippen molar-refractivity contribution >= 4 is 0 Å². The number of hydrogen-bond donors (Lipinski definition) is 2. The second-order valence-electron chi connectivity index (χ2n) is 5.02. The van der Waals surface area contributed by atoms with E-state index < -0.39 is 0 Å². The quantitative estimate of drug-likeness (QED) is 0.784. The van der Waals surface area contributed by atoms with E-state index in [2.05, 4.69) is 20.2 Å². The van der Waals surface area contributed by atoms with Crippen LogP contribution in [-0.2, 0) is 17.7 Å². The standard InChI is InChI=1S/C12H20N4O/c1-17-10-2-3-16(7-10)6-9-4-11-12(5-13-9)15-8-14-11/h8-10,13H,2-7H2,1H3,(H,14,15). The van der Waals surface area contributed by atoms with Crippen molar-refractivity contribution in [1.29, 1.82) is 0 Å². The monoisotopic (exact) mass is 236 g/mol. The fraction of sp³-hybridized carbons (Fsp3) is 0.750. The van der Waals surface area contributed by atoms with Crippen LogP contribution in [0.25, 0.3) is 0 Å². The molecule has 2 unspecified atom stereocenters. The number of hydrogen-bond acceptors (Lipinski definition) is 4. The molecule has 5 heteroatoms. The van der Waals surface area contributed by atoms with Gasteiger partial charge in [-0.25, -0.2) is 4.98 Å². The van der Waals surface area contributed by atoms with Crippen LogP contribution in [-0.4, -0.2) is 53.8 Å². The van der Waals surface area contributed by atoms with E-state index in [1.807, 2.05) is 7.11 Å². The number of nitrogens with zero attached hydrogens (tertiary/aromatic N) is 2. The van der Waals surface area contributed by atoms with Gasteiger partial charge in [0.05, 0.1) is 23.8 Å². The van der Waals surface area contributed by atoms with Crippen molar-refractivity contribution in [3.05, 3.63) is 17.7 Å². The number of aromatic amines is 1. The van der Waals surface area contributed by atoms with Crippen LogP contribution in [0.5, 0.6) is 0 Å². The zero-order chi connectivity index (χ0) is 11.7. The third-order valence-corrected chi connectivity index (χ3v) is 3.86. The number of nitrogens with one attached hydrogen (secondary N) is 2. The largest absolute Gasteiger partial charge is 0.380 e. The predicted octanol–water partition coefficient (Wildman–Crippen LogP) is 0.145. The van der Waals surface area contributed by atoms with E-state index in [1.165, 1.54) is 11.4 Å². The van der Waals surface area contributed by atoms with Gasteiger partial charge in [0.25, 0.3) is 0 Å². The molecule has 2 N–H and O–H groups in total. The molecule has 2 aliphatic heterocycles. The van der Waals surface area contributed by atoms with Crippen LogP contribution < -0.4 is 5.32 Å². The SMILES string of the molecule is COC1CCN(CC2Cc3nc[nH]c3CN2)C1. The highest BCUT2D eigenvalue weighted by atomic mass is 16.5. The van der Waals surface area contributed by atoms with Gasteiger partial charge in [0, 0.05) is 45.8 Å². The van der Waals surface area contributed by atoms with E-state index in [1.54, 1.807) is 6.33 Å². The number of likely N-dealkylation sites (tertiary alicyclic amines) is 1. The Balaban J connectivity index is 1.54. The van der Waals surface area contributed by atoms with Crippen molar-refractivity contribution in [3.8, 4) is 0 Å². The highest BCUT2D eigenvalue weighted by Gasteiger charge is 2.26. The van der Waals surface area contributed by atoms with E-state index in [4.69, 9.17) is 4.74 Å². The van der Waals surface area contributed by atoms with Crippen LogP contribution in [0.3, 0.4) is 0 Å². The molecule has 1 aromatic rings. The molecule has 0 spiro atoms. The molecule has 3 heterocycles. The molecule has 0 bridgehead atoms. The van der Waals surface area contributed by atoms with Gasteiger partial charge in [-0.3, -0.25) is 4.90 Å². The molecule has 0 radical (unpaired) electrons. The molecule has 17 heavy (non-hydrogen) atoms. The van der Waals surface area contributed by atoms with Crippen LogP contribution in [0, 0.1) is 0 Å². The Morgan fingerprint density at radius 2 is 2.53 bits per heavy atom. The fourth-order valence-electron chi connectivity index (χ4n) is 2.83. The molecule has 1 fully saturated rings. The van der Waals surface area contributed by atoms with Crippen molar-refractivity contribution in [3.63, 3.8) is 0 Å². The van der Waals surface area contributed by atoms with E-state index in [-0.39, 0.29) is 0 Å². The average molecular weight is 236 g/mol. The van der Waals surface area contributed by atoms with Gasteiger partial charge in [-0.05, 0) is 6.42 Å². The summed E-state index contributed by atoms with van der Waals surface area (Å²) in [5, 5.41) is 3.57. The number of fused-ring (bicyclic) bond motifs is 1. The third-order valence-electron chi connectivity index (χ3n) is 3.86. The molecule has 94 valence electrons. The van der Waals surface area contributed by atoms with Gasteiger partial charge >= 0.3 is 0 Å². The Kier molecular flexibility index (Phi) is 3.13. The van der Waals surface area contributed by atoms with E-state index in [0.29, 0.717) is 12.1 Å². The fourth-order valence-corrected chi connectivity index (χ4v) is 2.83. The molecular formula is C12H20N4O. The van der Waals surface area contributed by atoms with Gasteiger partial charge in [0.15, 0.2) is 0 Å². The lowest BCUT2D eigenvalue weighted by Crippen LogP contribution is -2.44. The Labute approximate surface area is 102 Å². The van der Waals surface area contributed by atoms with E-state index >= 15 is 0 Å². The molecule has 5 nitrogen and oxygen atoms in total. The van der Waals surface area contributed by atoms with Gasteiger partial charge < -0.3 is 15.0 Å². The highest BCUT2D eigenvalue weighted by molar-refractivity contribution is 5.16. The molecule has 2 aliphatic rings. The first-order valence-electron chi connectivity index (χ1n) is 6.35. The normalized spacial score (nSPS) is 29.5. The van der Waals surface area contributed by atoms with Crippen LogP contribution in [0.15, 0.2) is 6.33 Å². The Morgan fingerprint density at radius 1 is 1.59 bits per heavy atom. The van der Waals surface area contributed by atoms with Crippen LogP contribution in [0.2, 0.25) is 0 Å². The number of ether oxygens (including phenoxy) is 1. The summed E-state index contributed by atoms with van der Waals surface area (Å²) in [6.45, 7) is 4.25. The topological polar surface area (TPSA) is 53.2 Å². The number of aromatic nitrogens is 2. The zero-order valence-electron chi connectivity index (χ0n) is 10.3. The number of methoxy groups -OCH3 is 1. The highest BCUT2D eigenvalue weighted by Crippen LogP contribution is 2.16. The second kappa shape index (κ2) is 4.76. The Bertz CT molecular complexity index is 378. The van der Waals surface area contributed by atoms with Crippen molar-refractivity contribution in [1.82, 2.24) is 20.2 Å². The molecule has 0 aliphatic carbocycles. The van der Waals surface area contributed by atoms with Crippen LogP contribution >= 0.6 is 0 Å². The van der Waals surface area contributed by atoms with Crippen molar-refractivity contribution in [2.24, 2.45) is 0 Å². The van der Waals surface area contributed by atoms with Gasteiger partial charge in [-0.15, -0.1) is 0 Å². The van der Waals surface area contributed by atoms with Crippen LogP contribution in [0.4, 0.5) is 0 Å². The van der Waals surface area contributed by atoms with E-state index in [0.717, 1.165) is 39.0 Å². The zero-order valence-corrected chi connectivity index (χ0v) is 10.3. The summed E-state index contributed by atoms with van der Waals surface area (Å²) in [6.07, 6.45) is 4.43. The van der Waals surface area contributed by atoms with Crippen LogP contribution in [0.1, 0.15) is 17.8 Å². The number of H-pyrrole nitrogens is 1. The number of rotatable bonds is 3. The summed E-state index contributed by atoms with van der Waals surface area (Å²) in [4.78, 5) is 10.0. The van der Waals surface area contributed by atoms with Gasteiger partial charge in [-0.1, -0.05) is 0 Å². The first kappa shape index (κ1) is 11.2. The molecule has 3 rings (SSSR count). The molecule has 1 aromatic heterocycles. The molecular weight excluding hydrogens is 216 g/mol. The minimum Gasteiger partial charge on any atom is -0.380 e. The maximum absolute atomic E-state index is 5.39. The van der Waals surface area contributed by atoms with Gasteiger partial charge in [-0.2, -0.15) is 0 Å². The second-order valence-corrected chi connectivity index (χ2v) is 5.02. The maximum Gasteiger partial charge on any atom is 0.0925 e. The average Bonchev–Trinajstić information content (AvgIpc) is 2.96. The van der Waals surface area contributed by atoms with Crippen molar-refractivity contribution in [2.45, 2.75) is 31.5 Å². The van der Waals surface area contributed by atoms with Crippen molar-refractivity contribution < 1.29 is 4.74 Å². The molecule has 0 amide bonds. The minimum absolute atomic E-state index is 0.430. The molecule has 2 atom stereocenters. The van der Waals surface area contributed by atoms with Crippen molar-refractivity contribution in [2.75, 3.05) is 26.7 Å². The predicted molar refractivity (Wildman–Crippen MR) is 64.8 cm³/mol.